The average molecular weight is 294 g/mol. The van der Waals surface area contributed by atoms with E-state index in [4.69, 9.17) is 9.72 Å². The van der Waals surface area contributed by atoms with Crippen LogP contribution >= 0.6 is 23.1 Å². The topological polar surface area (TPSA) is 55.0 Å². The number of nitrogens with one attached hydrogen (secondary N) is 1. The highest BCUT2D eigenvalue weighted by molar-refractivity contribution is 8.01. The Bertz CT molecular complexity index is 686. The molecule has 0 saturated carbocycles. The van der Waals surface area contributed by atoms with Gasteiger partial charge in [-0.2, -0.15) is 0 Å². The summed E-state index contributed by atoms with van der Waals surface area (Å²) in [6.07, 6.45) is 3.12. The van der Waals surface area contributed by atoms with Gasteiger partial charge in [-0.25, -0.2) is 4.98 Å². The lowest BCUT2D eigenvalue weighted by atomic mass is 10.1. The Morgan fingerprint density at radius 2 is 2.37 bits per heavy atom. The van der Waals surface area contributed by atoms with Crippen molar-refractivity contribution in [2.75, 3.05) is 19.0 Å². The van der Waals surface area contributed by atoms with Crippen molar-refractivity contribution in [3.63, 3.8) is 0 Å². The molecule has 0 spiro atoms. The molecule has 1 atom stereocenters. The number of aryl methyl sites for hydroxylation is 1. The highest BCUT2D eigenvalue weighted by Crippen LogP contribution is 2.40. The zero-order valence-electron chi connectivity index (χ0n) is 10.4. The molecule has 0 aromatic carbocycles. The second kappa shape index (κ2) is 4.61. The molecule has 2 aliphatic heterocycles. The van der Waals surface area contributed by atoms with Gasteiger partial charge in [-0.15, -0.1) is 23.1 Å². The Balaban J connectivity index is 1.90. The van der Waals surface area contributed by atoms with Crippen molar-refractivity contribution in [1.29, 1.82) is 0 Å². The number of thiophene rings is 1. The van der Waals surface area contributed by atoms with Crippen LogP contribution in [-0.2, 0) is 11.2 Å². The van der Waals surface area contributed by atoms with Crippen LogP contribution in [0, 0.1) is 0 Å². The van der Waals surface area contributed by atoms with Gasteiger partial charge in [0.25, 0.3) is 5.56 Å². The molecule has 19 heavy (non-hydrogen) atoms. The smallest absolute Gasteiger partial charge is 0.259 e. The van der Waals surface area contributed by atoms with Crippen LogP contribution < -0.4 is 5.56 Å². The maximum absolute atomic E-state index is 12.4. The Hall–Kier alpha value is -0.850. The van der Waals surface area contributed by atoms with E-state index in [-0.39, 0.29) is 11.5 Å². The Morgan fingerprint density at radius 3 is 3.21 bits per heavy atom. The van der Waals surface area contributed by atoms with E-state index in [2.05, 4.69) is 4.98 Å². The molecule has 4 nitrogen and oxygen atoms in total. The van der Waals surface area contributed by atoms with Gasteiger partial charge in [0.2, 0.25) is 0 Å². The molecule has 1 N–H and O–H groups in total. The standard InChI is InChI=1S/C13H14N2O2S2/c16-11-9-8-2-1-5-18-13(8)19-12(9)15-10(14-11)7-3-4-17-6-7/h7H,1-6H2,(H,14,15,16)/t7-/m0/s1. The molecule has 1 saturated heterocycles. The SMILES string of the molecule is O=c1[nH]c([C@H]2CCOC2)nc2sc3c(c12)CCCS3. The highest BCUT2D eigenvalue weighted by Gasteiger charge is 2.24. The molecule has 1 fully saturated rings. The molecule has 6 heteroatoms. The summed E-state index contributed by atoms with van der Waals surface area (Å²) in [5.74, 6) is 2.21. The van der Waals surface area contributed by atoms with E-state index in [0.717, 1.165) is 47.7 Å². The summed E-state index contributed by atoms with van der Waals surface area (Å²) in [5.41, 5.74) is 1.26. The lowest BCUT2D eigenvalue weighted by Crippen LogP contribution is -2.15. The maximum Gasteiger partial charge on any atom is 0.259 e. The maximum atomic E-state index is 12.4. The summed E-state index contributed by atoms with van der Waals surface area (Å²) in [7, 11) is 0. The van der Waals surface area contributed by atoms with Crippen LogP contribution in [0.5, 0.6) is 0 Å². The van der Waals surface area contributed by atoms with Crippen molar-refractivity contribution in [1.82, 2.24) is 9.97 Å². The molecule has 4 heterocycles. The van der Waals surface area contributed by atoms with Crippen LogP contribution in [0.25, 0.3) is 10.2 Å². The number of H-pyrrole nitrogens is 1. The van der Waals surface area contributed by atoms with Crippen LogP contribution in [-0.4, -0.2) is 28.9 Å². The van der Waals surface area contributed by atoms with Gasteiger partial charge in [-0.3, -0.25) is 4.79 Å². The third-order valence-electron chi connectivity index (χ3n) is 3.76. The third-order valence-corrected chi connectivity index (χ3v) is 6.29. The predicted molar refractivity (Wildman–Crippen MR) is 77.5 cm³/mol. The summed E-state index contributed by atoms with van der Waals surface area (Å²) < 4.78 is 6.67. The van der Waals surface area contributed by atoms with Crippen molar-refractivity contribution in [3.8, 4) is 0 Å². The van der Waals surface area contributed by atoms with E-state index < -0.39 is 0 Å². The average Bonchev–Trinajstić information content (AvgIpc) is 3.05. The summed E-state index contributed by atoms with van der Waals surface area (Å²) in [5, 5.41) is 0.829. The first-order valence-electron chi connectivity index (χ1n) is 6.59. The van der Waals surface area contributed by atoms with Gasteiger partial charge in [0, 0.05) is 12.5 Å². The number of rotatable bonds is 1. The molecule has 0 aliphatic carbocycles. The quantitative estimate of drug-likeness (QED) is 0.878. The summed E-state index contributed by atoms with van der Waals surface area (Å²) in [4.78, 5) is 20.9. The van der Waals surface area contributed by atoms with Crippen LogP contribution in [0.1, 0.15) is 30.1 Å². The molecule has 0 unspecified atom stereocenters. The summed E-state index contributed by atoms with van der Waals surface area (Å²) in [6.45, 7) is 1.44. The van der Waals surface area contributed by atoms with Crippen LogP contribution in [0.2, 0.25) is 0 Å². The van der Waals surface area contributed by atoms with E-state index in [9.17, 15) is 4.79 Å². The molecule has 4 rings (SSSR count). The number of aromatic amines is 1. The van der Waals surface area contributed by atoms with E-state index >= 15 is 0 Å². The molecular formula is C13H14N2O2S2. The Kier molecular flexibility index (Phi) is 2.90. The second-order valence-corrected chi connectivity index (χ2v) is 7.37. The minimum atomic E-state index is 0.0342. The number of hydrogen-bond acceptors (Lipinski definition) is 5. The molecule has 0 amide bonds. The van der Waals surface area contributed by atoms with Gasteiger partial charge in [0.15, 0.2) is 0 Å². The minimum Gasteiger partial charge on any atom is -0.381 e. The molecular weight excluding hydrogens is 280 g/mol. The monoisotopic (exact) mass is 294 g/mol. The fraction of sp³-hybridized carbons (Fsp3) is 0.538. The highest BCUT2D eigenvalue weighted by atomic mass is 32.2. The lowest BCUT2D eigenvalue weighted by Gasteiger charge is -2.09. The number of hydrogen-bond donors (Lipinski definition) is 1. The second-order valence-electron chi connectivity index (χ2n) is 5.01. The third kappa shape index (κ3) is 1.93. The Morgan fingerprint density at radius 1 is 1.42 bits per heavy atom. The molecule has 2 aliphatic rings. The predicted octanol–water partition coefficient (Wildman–Crippen LogP) is 2.53. The first-order valence-corrected chi connectivity index (χ1v) is 8.39. The fourth-order valence-electron chi connectivity index (χ4n) is 2.76. The van der Waals surface area contributed by atoms with Crippen LogP contribution in [0.15, 0.2) is 9.00 Å². The zero-order chi connectivity index (χ0) is 12.8. The molecule has 2 aromatic heterocycles. The van der Waals surface area contributed by atoms with E-state index in [1.807, 2.05) is 11.8 Å². The summed E-state index contributed by atoms with van der Waals surface area (Å²) in [6, 6.07) is 0. The molecule has 100 valence electrons. The molecule has 2 aromatic rings. The fourth-order valence-corrected chi connectivity index (χ4v) is 5.30. The molecule has 0 bridgehead atoms. The van der Waals surface area contributed by atoms with Gasteiger partial charge in [0.05, 0.1) is 16.2 Å². The Labute approximate surface area is 118 Å². The van der Waals surface area contributed by atoms with E-state index in [1.165, 1.54) is 9.77 Å². The van der Waals surface area contributed by atoms with Crippen molar-refractivity contribution < 1.29 is 4.74 Å². The van der Waals surface area contributed by atoms with E-state index in [1.54, 1.807) is 11.3 Å². The van der Waals surface area contributed by atoms with Crippen molar-refractivity contribution in [3.05, 3.63) is 21.7 Å². The number of nitrogens with zero attached hydrogens (tertiary/aromatic N) is 1. The van der Waals surface area contributed by atoms with Gasteiger partial charge in [0.1, 0.15) is 10.7 Å². The summed E-state index contributed by atoms with van der Waals surface area (Å²) >= 11 is 3.54. The first-order chi connectivity index (χ1) is 9.33. The number of fused-ring (bicyclic) bond motifs is 3. The van der Waals surface area contributed by atoms with E-state index in [0.29, 0.717) is 6.61 Å². The molecule has 0 radical (unpaired) electrons. The number of ether oxygens (including phenoxy) is 1. The first kappa shape index (κ1) is 11.9. The number of thioether (sulfide) groups is 1. The van der Waals surface area contributed by atoms with Crippen molar-refractivity contribution in [2.45, 2.75) is 29.4 Å². The largest absolute Gasteiger partial charge is 0.381 e. The van der Waals surface area contributed by atoms with Crippen molar-refractivity contribution >= 4 is 33.3 Å². The van der Waals surface area contributed by atoms with Gasteiger partial charge in [-0.05, 0) is 30.6 Å². The van der Waals surface area contributed by atoms with Crippen molar-refractivity contribution in [2.24, 2.45) is 0 Å². The van der Waals surface area contributed by atoms with Gasteiger partial charge in [-0.1, -0.05) is 0 Å². The van der Waals surface area contributed by atoms with Crippen LogP contribution in [0.3, 0.4) is 0 Å². The minimum absolute atomic E-state index is 0.0342. The zero-order valence-corrected chi connectivity index (χ0v) is 12.0. The lowest BCUT2D eigenvalue weighted by molar-refractivity contribution is 0.193. The van der Waals surface area contributed by atoms with Crippen LogP contribution in [0.4, 0.5) is 0 Å². The van der Waals surface area contributed by atoms with Gasteiger partial charge >= 0.3 is 0 Å². The van der Waals surface area contributed by atoms with Gasteiger partial charge < -0.3 is 9.72 Å². The normalized spacial score (nSPS) is 22.8. The number of aromatic nitrogens is 2.